The Hall–Kier alpha value is -2.11. The van der Waals surface area contributed by atoms with Gasteiger partial charge in [0.05, 0.1) is 12.7 Å². The molecule has 0 amide bonds. The van der Waals surface area contributed by atoms with E-state index in [1.54, 1.807) is 6.20 Å². The Labute approximate surface area is 112 Å². The zero-order valence-electron chi connectivity index (χ0n) is 11.5. The molecule has 102 valence electrons. The van der Waals surface area contributed by atoms with Crippen LogP contribution in [0.3, 0.4) is 0 Å². The third kappa shape index (κ3) is 3.94. The molecule has 2 rings (SSSR count). The van der Waals surface area contributed by atoms with Crippen LogP contribution in [0.1, 0.15) is 30.7 Å². The molecule has 0 saturated heterocycles. The first-order chi connectivity index (χ1) is 9.17. The Kier molecular flexibility index (Phi) is 4.33. The van der Waals surface area contributed by atoms with Crippen molar-refractivity contribution in [3.05, 3.63) is 29.6 Å². The number of nitrogens with one attached hydrogen (secondary N) is 2. The molecule has 0 aliphatic carbocycles. The Morgan fingerprint density at radius 1 is 1.21 bits per heavy atom. The first-order valence-electron chi connectivity index (χ1n) is 6.42. The van der Waals surface area contributed by atoms with Crippen molar-refractivity contribution in [3.8, 4) is 0 Å². The Morgan fingerprint density at radius 2 is 2.05 bits per heavy atom. The summed E-state index contributed by atoms with van der Waals surface area (Å²) in [6.45, 7) is 7.30. The fourth-order valence-electron chi connectivity index (χ4n) is 1.62. The van der Waals surface area contributed by atoms with Crippen LogP contribution < -0.4 is 10.6 Å². The number of hydrogen-bond acceptors (Lipinski definition) is 6. The second-order valence-electron chi connectivity index (χ2n) is 4.36. The van der Waals surface area contributed by atoms with Crippen LogP contribution in [-0.4, -0.2) is 21.5 Å². The maximum atomic E-state index is 5.40. The summed E-state index contributed by atoms with van der Waals surface area (Å²) in [5.74, 6) is 2.87. The van der Waals surface area contributed by atoms with Gasteiger partial charge in [0, 0.05) is 18.3 Å². The molecule has 0 fully saturated rings. The molecule has 2 heterocycles. The third-order valence-electron chi connectivity index (χ3n) is 2.48. The minimum atomic E-state index is 0.511. The SMILES string of the molecule is CCCNc1nc(C)cc(NCc2ncc(C)o2)n1. The van der Waals surface area contributed by atoms with Crippen LogP contribution in [0.25, 0.3) is 0 Å². The van der Waals surface area contributed by atoms with Crippen LogP contribution in [0.15, 0.2) is 16.7 Å². The van der Waals surface area contributed by atoms with E-state index in [2.05, 4.69) is 32.5 Å². The van der Waals surface area contributed by atoms with E-state index in [1.807, 2.05) is 19.9 Å². The van der Waals surface area contributed by atoms with Crippen LogP contribution in [0.4, 0.5) is 11.8 Å². The fourth-order valence-corrected chi connectivity index (χ4v) is 1.62. The molecule has 2 aromatic heterocycles. The van der Waals surface area contributed by atoms with E-state index >= 15 is 0 Å². The molecule has 0 unspecified atom stereocenters. The first-order valence-corrected chi connectivity index (χ1v) is 6.42. The zero-order chi connectivity index (χ0) is 13.7. The highest BCUT2D eigenvalue weighted by molar-refractivity contribution is 5.42. The summed E-state index contributed by atoms with van der Waals surface area (Å²) in [6.07, 6.45) is 2.74. The number of aromatic nitrogens is 3. The fraction of sp³-hybridized carbons (Fsp3) is 0.462. The molecule has 6 heteroatoms. The van der Waals surface area contributed by atoms with Crippen molar-refractivity contribution in [1.82, 2.24) is 15.0 Å². The molecule has 0 bridgehead atoms. The van der Waals surface area contributed by atoms with Crippen molar-refractivity contribution in [2.45, 2.75) is 33.7 Å². The number of aryl methyl sites for hydroxylation is 2. The van der Waals surface area contributed by atoms with Crippen molar-refractivity contribution < 1.29 is 4.42 Å². The van der Waals surface area contributed by atoms with Crippen molar-refractivity contribution in [1.29, 1.82) is 0 Å². The third-order valence-corrected chi connectivity index (χ3v) is 2.48. The van der Waals surface area contributed by atoms with Gasteiger partial charge in [-0.3, -0.25) is 0 Å². The molecule has 0 aliphatic rings. The second-order valence-corrected chi connectivity index (χ2v) is 4.36. The number of anilines is 2. The molecule has 0 aromatic carbocycles. The normalized spacial score (nSPS) is 10.5. The minimum absolute atomic E-state index is 0.511. The lowest BCUT2D eigenvalue weighted by Gasteiger charge is -2.08. The van der Waals surface area contributed by atoms with Crippen molar-refractivity contribution >= 4 is 11.8 Å². The molecule has 2 N–H and O–H groups in total. The van der Waals surface area contributed by atoms with Gasteiger partial charge in [0.25, 0.3) is 0 Å². The van der Waals surface area contributed by atoms with Gasteiger partial charge < -0.3 is 15.1 Å². The van der Waals surface area contributed by atoms with Gasteiger partial charge in [0.2, 0.25) is 11.8 Å². The second kappa shape index (κ2) is 6.17. The number of rotatable bonds is 6. The summed E-state index contributed by atoms with van der Waals surface area (Å²) >= 11 is 0. The maximum absolute atomic E-state index is 5.40. The predicted octanol–water partition coefficient (Wildman–Crippen LogP) is 2.52. The highest BCUT2D eigenvalue weighted by Gasteiger charge is 2.04. The van der Waals surface area contributed by atoms with E-state index in [1.165, 1.54) is 0 Å². The first kappa shape index (κ1) is 13.3. The van der Waals surface area contributed by atoms with Crippen LogP contribution in [-0.2, 0) is 6.54 Å². The lowest BCUT2D eigenvalue weighted by Crippen LogP contribution is -2.08. The average molecular weight is 261 g/mol. The molecule has 0 radical (unpaired) electrons. The topological polar surface area (TPSA) is 75.9 Å². The quantitative estimate of drug-likeness (QED) is 0.832. The molecule has 0 atom stereocenters. The van der Waals surface area contributed by atoms with Crippen LogP contribution >= 0.6 is 0 Å². The standard InChI is InChI=1S/C13H19N5O/c1-4-5-14-13-17-9(2)6-11(18-13)15-8-12-16-7-10(3)19-12/h6-7H,4-5,8H2,1-3H3,(H2,14,15,17,18). The van der Waals surface area contributed by atoms with Gasteiger partial charge in [-0.15, -0.1) is 0 Å². The van der Waals surface area contributed by atoms with E-state index in [9.17, 15) is 0 Å². The largest absolute Gasteiger partial charge is 0.444 e. The maximum Gasteiger partial charge on any atom is 0.224 e. The highest BCUT2D eigenvalue weighted by Crippen LogP contribution is 2.11. The van der Waals surface area contributed by atoms with Gasteiger partial charge >= 0.3 is 0 Å². The van der Waals surface area contributed by atoms with E-state index in [-0.39, 0.29) is 0 Å². The monoisotopic (exact) mass is 261 g/mol. The molecule has 0 saturated carbocycles. The van der Waals surface area contributed by atoms with Gasteiger partial charge in [-0.1, -0.05) is 6.92 Å². The van der Waals surface area contributed by atoms with Gasteiger partial charge in [0.1, 0.15) is 11.6 Å². The van der Waals surface area contributed by atoms with Gasteiger partial charge in [-0.25, -0.2) is 9.97 Å². The molecule has 6 nitrogen and oxygen atoms in total. The van der Waals surface area contributed by atoms with Gasteiger partial charge in [-0.05, 0) is 20.3 Å². The Bertz CT molecular complexity index is 538. The predicted molar refractivity (Wildman–Crippen MR) is 74.1 cm³/mol. The lowest BCUT2D eigenvalue weighted by molar-refractivity contribution is 0.479. The summed E-state index contributed by atoms with van der Waals surface area (Å²) in [4.78, 5) is 12.9. The van der Waals surface area contributed by atoms with E-state index in [4.69, 9.17) is 4.42 Å². The average Bonchev–Trinajstić information content (AvgIpc) is 2.79. The molecule has 19 heavy (non-hydrogen) atoms. The smallest absolute Gasteiger partial charge is 0.224 e. The summed E-state index contributed by atoms with van der Waals surface area (Å²) in [7, 11) is 0. The van der Waals surface area contributed by atoms with E-state index in [0.29, 0.717) is 18.4 Å². The molecule has 0 aliphatic heterocycles. The number of hydrogen-bond donors (Lipinski definition) is 2. The number of oxazole rings is 1. The minimum Gasteiger partial charge on any atom is -0.444 e. The number of nitrogens with zero attached hydrogens (tertiary/aromatic N) is 3. The summed E-state index contributed by atoms with van der Waals surface area (Å²) in [5.41, 5.74) is 0.916. The molecule has 0 spiro atoms. The summed E-state index contributed by atoms with van der Waals surface area (Å²) < 4.78 is 5.40. The van der Waals surface area contributed by atoms with E-state index < -0.39 is 0 Å². The Balaban J connectivity index is 2.01. The zero-order valence-corrected chi connectivity index (χ0v) is 11.5. The van der Waals surface area contributed by atoms with Gasteiger partial charge in [0.15, 0.2) is 0 Å². The molecular weight excluding hydrogens is 242 g/mol. The van der Waals surface area contributed by atoms with Crippen LogP contribution in [0.5, 0.6) is 0 Å². The Morgan fingerprint density at radius 3 is 2.74 bits per heavy atom. The summed E-state index contributed by atoms with van der Waals surface area (Å²) in [6, 6.07) is 1.90. The van der Waals surface area contributed by atoms with Crippen molar-refractivity contribution in [2.24, 2.45) is 0 Å². The highest BCUT2D eigenvalue weighted by atomic mass is 16.4. The molecular formula is C13H19N5O. The summed E-state index contributed by atoms with van der Waals surface area (Å²) in [5, 5.41) is 6.36. The molecule has 2 aromatic rings. The van der Waals surface area contributed by atoms with Gasteiger partial charge in [-0.2, -0.15) is 4.98 Å². The van der Waals surface area contributed by atoms with Crippen LogP contribution in [0, 0.1) is 13.8 Å². The van der Waals surface area contributed by atoms with Crippen molar-refractivity contribution in [3.63, 3.8) is 0 Å². The van der Waals surface area contributed by atoms with Crippen molar-refractivity contribution in [2.75, 3.05) is 17.2 Å². The lowest BCUT2D eigenvalue weighted by atomic mass is 10.4. The van der Waals surface area contributed by atoms with Crippen LogP contribution in [0.2, 0.25) is 0 Å². The van der Waals surface area contributed by atoms with E-state index in [0.717, 1.165) is 30.2 Å².